The van der Waals surface area contributed by atoms with Crippen LogP contribution in [0.25, 0.3) is 0 Å². The fourth-order valence-corrected chi connectivity index (χ4v) is 5.06. The quantitative estimate of drug-likeness (QED) is 0.702. The van der Waals surface area contributed by atoms with Gasteiger partial charge < -0.3 is 10.6 Å². The molecule has 0 unspecified atom stereocenters. The molecular weight excluding hydrogens is 266 g/mol. The first-order valence-electron chi connectivity index (χ1n) is 8.25. The molecule has 1 atom stereocenters. The van der Waals surface area contributed by atoms with Gasteiger partial charge in [0.05, 0.1) is 12.6 Å². The van der Waals surface area contributed by atoms with Crippen molar-refractivity contribution in [2.24, 2.45) is 17.8 Å². The first-order chi connectivity index (χ1) is 9.99. The van der Waals surface area contributed by atoms with Crippen molar-refractivity contribution in [3.63, 3.8) is 0 Å². The number of amides is 2. The Kier molecular flexibility index (Phi) is 3.95. The molecule has 4 bridgehead atoms. The van der Waals surface area contributed by atoms with Crippen LogP contribution in [0.1, 0.15) is 45.4 Å². The minimum atomic E-state index is -0.324. The van der Waals surface area contributed by atoms with Crippen LogP contribution in [0.5, 0.6) is 0 Å². The number of rotatable bonds is 5. The number of carbonyl (C=O) groups is 2. The van der Waals surface area contributed by atoms with Gasteiger partial charge in [0.1, 0.15) is 0 Å². The Bertz CT molecular complexity index is 400. The van der Waals surface area contributed by atoms with Gasteiger partial charge in [-0.25, -0.2) is 0 Å². The first kappa shape index (κ1) is 14.8. The highest BCUT2D eigenvalue weighted by molar-refractivity contribution is 5.83. The maximum Gasteiger partial charge on any atom is 0.237 e. The molecule has 4 rings (SSSR count). The third-order valence-corrected chi connectivity index (χ3v) is 5.67. The summed E-state index contributed by atoms with van der Waals surface area (Å²) < 4.78 is 0. The van der Waals surface area contributed by atoms with Crippen LogP contribution in [-0.2, 0) is 9.59 Å². The largest absolute Gasteiger partial charge is 0.358 e. The van der Waals surface area contributed by atoms with Crippen LogP contribution in [0.4, 0.5) is 0 Å². The van der Waals surface area contributed by atoms with Crippen molar-refractivity contribution < 1.29 is 9.59 Å². The van der Waals surface area contributed by atoms with Gasteiger partial charge >= 0.3 is 0 Å². The van der Waals surface area contributed by atoms with E-state index in [4.69, 9.17) is 0 Å². The second kappa shape index (κ2) is 5.59. The van der Waals surface area contributed by atoms with Gasteiger partial charge in [-0.05, 0) is 63.2 Å². The van der Waals surface area contributed by atoms with Crippen molar-refractivity contribution in [1.29, 1.82) is 0 Å². The minimum absolute atomic E-state index is 0.0425. The minimum Gasteiger partial charge on any atom is -0.358 e. The van der Waals surface area contributed by atoms with E-state index in [1.165, 1.54) is 19.3 Å². The zero-order chi connectivity index (χ0) is 15.0. The summed E-state index contributed by atoms with van der Waals surface area (Å²) >= 11 is 0. The summed E-state index contributed by atoms with van der Waals surface area (Å²) in [7, 11) is 1.60. The highest BCUT2D eigenvalue weighted by atomic mass is 16.2. The molecule has 21 heavy (non-hydrogen) atoms. The number of hydrogen-bond donors (Lipinski definition) is 3. The molecule has 0 aromatic heterocycles. The molecule has 5 heteroatoms. The molecule has 0 spiro atoms. The lowest BCUT2D eigenvalue weighted by atomic mass is 9.53. The number of nitrogens with one attached hydrogen (secondary N) is 3. The normalized spacial score (nSPS) is 38.1. The molecule has 0 saturated heterocycles. The Morgan fingerprint density at radius 3 is 2.10 bits per heavy atom. The van der Waals surface area contributed by atoms with E-state index >= 15 is 0 Å². The van der Waals surface area contributed by atoms with Crippen molar-refractivity contribution in [2.75, 3.05) is 13.6 Å². The highest BCUT2D eigenvalue weighted by Gasteiger charge is 2.51. The third kappa shape index (κ3) is 3.07. The molecule has 4 aliphatic rings. The molecule has 5 nitrogen and oxygen atoms in total. The SMILES string of the molecule is CNC(=O)CN[C@@H](C)C(=O)NC12CC3CC(CC(C3)C1)C2. The fourth-order valence-electron chi connectivity index (χ4n) is 5.06. The molecular formula is C16H27N3O2. The highest BCUT2D eigenvalue weighted by Crippen LogP contribution is 2.55. The average molecular weight is 293 g/mol. The maximum absolute atomic E-state index is 12.4. The summed E-state index contributed by atoms with van der Waals surface area (Å²) in [5.41, 5.74) is 0.0504. The van der Waals surface area contributed by atoms with E-state index in [1.807, 2.05) is 6.92 Å². The van der Waals surface area contributed by atoms with Gasteiger partial charge in [0, 0.05) is 12.6 Å². The van der Waals surface area contributed by atoms with Crippen LogP contribution < -0.4 is 16.0 Å². The van der Waals surface area contributed by atoms with E-state index in [1.54, 1.807) is 7.05 Å². The van der Waals surface area contributed by atoms with Gasteiger partial charge in [-0.1, -0.05) is 0 Å². The third-order valence-electron chi connectivity index (χ3n) is 5.67. The molecule has 0 aliphatic heterocycles. The van der Waals surface area contributed by atoms with Crippen molar-refractivity contribution in [3.05, 3.63) is 0 Å². The van der Waals surface area contributed by atoms with E-state index < -0.39 is 0 Å². The van der Waals surface area contributed by atoms with Crippen LogP contribution in [0, 0.1) is 17.8 Å². The van der Waals surface area contributed by atoms with Gasteiger partial charge in [0.25, 0.3) is 0 Å². The van der Waals surface area contributed by atoms with Crippen LogP contribution in [-0.4, -0.2) is 37.0 Å². The van der Waals surface area contributed by atoms with E-state index in [0.717, 1.165) is 37.0 Å². The predicted molar refractivity (Wildman–Crippen MR) is 80.6 cm³/mol. The lowest BCUT2D eigenvalue weighted by Gasteiger charge is -2.57. The Labute approximate surface area is 126 Å². The topological polar surface area (TPSA) is 70.2 Å². The smallest absolute Gasteiger partial charge is 0.237 e. The molecule has 0 aromatic rings. The van der Waals surface area contributed by atoms with Gasteiger partial charge in [-0.3, -0.25) is 14.9 Å². The molecule has 4 saturated carbocycles. The van der Waals surface area contributed by atoms with Gasteiger partial charge in [0.2, 0.25) is 11.8 Å². The Morgan fingerprint density at radius 2 is 1.62 bits per heavy atom. The summed E-state index contributed by atoms with van der Waals surface area (Å²) in [6, 6.07) is -0.324. The van der Waals surface area contributed by atoms with Crippen LogP contribution >= 0.6 is 0 Å². The molecule has 0 aromatic carbocycles. The Morgan fingerprint density at radius 1 is 1.10 bits per heavy atom. The summed E-state index contributed by atoms with van der Waals surface area (Å²) in [6.45, 7) is 2.02. The zero-order valence-corrected chi connectivity index (χ0v) is 13.1. The molecule has 2 amide bonds. The first-order valence-corrected chi connectivity index (χ1v) is 8.25. The maximum atomic E-state index is 12.4. The van der Waals surface area contributed by atoms with Gasteiger partial charge in [0.15, 0.2) is 0 Å². The summed E-state index contributed by atoms with van der Waals surface area (Å²) in [5, 5.41) is 8.88. The van der Waals surface area contributed by atoms with Crippen molar-refractivity contribution in [3.8, 4) is 0 Å². The van der Waals surface area contributed by atoms with Gasteiger partial charge in [-0.2, -0.15) is 0 Å². The monoisotopic (exact) mass is 293 g/mol. The fraction of sp³-hybridized carbons (Fsp3) is 0.875. The van der Waals surface area contributed by atoms with Crippen LogP contribution in [0.2, 0.25) is 0 Å². The lowest BCUT2D eigenvalue weighted by Crippen LogP contribution is -2.62. The standard InChI is InChI=1S/C16H27N3O2/c1-10(18-9-14(20)17-2)15(21)19-16-6-11-3-12(7-16)5-13(4-11)8-16/h10-13,18H,3-9H2,1-2H3,(H,17,20)(H,19,21)/t10-,11?,12?,13?,16?/m0/s1. The summed E-state index contributed by atoms with van der Waals surface area (Å²) in [6.07, 6.45) is 7.60. The second-order valence-electron chi connectivity index (χ2n) is 7.46. The zero-order valence-electron chi connectivity index (χ0n) is 13.1. The summed E-state index contributed by atoms with van der Waals surface area (Å²) in [5.74, 6) is 2.42. The molecule has 3 N–H and O–H groups in total. The van der Waals surface area contributed by atoms with E-state index in [0.29, 0.717) is 0 Å². The molecule has 4 aliphatic carbocycles. The number of likely N-dealkylation sites (N-methyl/N-ethyl adjacent to an activating group) is 1. The Hall–Kier alpha value is -1.10. The number of carbonyl (C=O) groups excluding carboxylic acids is 2. The predicted octanol–water partition coefficient (Wildman–Crippen LogP) is 0.795. The van der Waals surface area contributed by atoms with Crippen molar-refractivity contribution >= 4 is 11.8 Å². The van der Waals surface area contributed by atoms with Crippen molar-refractivity contribution in [1.82, 2.24) is 16.0 Å². The molecule has 4 fully saturated rings. The van der Waals surface area contributed by atoms with E-state index in [9.17, 15) is 9.59 Å². The molecule has 118 valence electrons. The van der Waals surface area contributed by atoms with E-state index in [2.05, 4.69) is 16.0 Å². The van der Waals surface area contributed by atoms with E-state index in [-0.39, 0.29) is 29.9 Å². The Balaban J connectivity index is 1.56. The lowest BCUT2D eigenvalue weighted by molar-refractivity contribution is -0.128. The number of hydrogen-bond acceptors (Lipinski definition) is 3. The summed E-state index contributed by atoms with van der Waals surface area (Å²) in [4.78, 5) is 23.7. The van der Waals surface area contributed by atoms with Gasteiger partial charge in [-0.15, -0.1) is 0 Å². The second-order valence-corrected chi connectivity index (χ2v) is 7.46. The van der Waals surface area contributed by atoms with Crippen LogP contribution in [0.3, 0.4) is 0 Å². The molecule has 0 radical (unpaired) electrons. The van der Waals surface area contributed by atoms with Crippen molar-refractivity contribution in [2.45, 2.75) is 57.0 Å². The molecule has 0 heterocycles. The average Bonchev–Trinajstić information content (AvgIpc) is 2.42. The van der Waals surface area contributed by atoms with Crippen LogP contribution in [0.15, 0.2) is 0 Å².